The second-order valence-electron chi connectivity index (χ2n) is 9.74. The molecule has 1 unspecified atom stereocenters. The number of hydrogen-bond acceptors (Lipinski definition) is 4. The third kappa shape index (κ3) is 7.29. The summed E-state index contributed by atoms with van der Waals surface area (Å²) in [5, 5.41) is 3.91. The topological polar surface area (TPSA) is 86.8 Å². The molecule has 7 nitrogen and oxygen atoms in total. The van der Waals surface area contributed by atoms with Gasteiger partial charge >= 0.3 is 0 Å². The fourth-order valence-electron chi connectivity index (χ4n) is 4.70. The Morgan fingerprint density at radius 2 is 1.62 bits per heavy atom. The average Bonchev–Trinajstić information content (AvgIpc) is 3.45. The molecule has 3 aromatic rings. The van der Waals surface area contributed by atoms with Gasteiger partial charge in [0.15, 0.2) is 0 Å². The van der Waals surface area contributed by atoms with Gasteiger partial charge in [0.25, 0.3) is 10.0 Å². The van der Waals surface area contributed by atoms with Crippen molar-refractivity contribution in [2.24, 2.45) is 0 Å². The third-order valence-electron chi connectivity index (χ3n) is 6.91. The van der Waals surface area contributed by atoms with Gasteiger partial charge in [-0.05, 0) is 67.8 Å². The Balaban J connectivity index is 1.69. The summed E-state index contributed by atoms with van der Waals surface area (Å²) in [4.78, 5) is 28.6. The number of rotatable bonds is 10. The Labute approximate surface area is 250 Å². The van der Waals surface area contributed by atoms with Crippen molar-refractivity contribution >= 4 is 62.3 Å². The van der Waals surface area contributed by atoms with Gasteiger partial charge in [0.05, 0.1) is 20.6 Å². The SMILES string of the molecule is CC(C(=O)NC1CCCC1)N(Cc1cccc(Cl)c1)C(=O)CN(c1ccc(Cl)c(Cl)c1)S(=O)(=O)c1ccccc1. The summed E-state index contributed by atoms with van der Waals surface area (Å²) in [6.45, 7) is 1.12. The van der Waals surface area contributed by atoms with E-state index in [-0.39, 0.29) is 39.1 Å². The smallest absolute Gasteiger partial charge is 0.264 e. The lowest BCUT2D eigenvalue weighted by Gasteiger charge is -2.32. The van der Waals surface area contributed by atoms with Crippen LogP contribution < -0.4 is 9.62 Å². The Kier molecular flexibility index (Phi) is 10.0. The van der Waals surface area contributed by atoms with Gasteiger partial charge in [0.1, 0.15) is 12.6 Å². The van der Waals surface area contributed by atoms with Crippen LogP contribution in [0, 0.1) is 0 Å². The molecule has 4 rings (SSSR count). The van der Waals surface area contributed by atoms with E-state index in [4.69, 9.17) is 34.8 Å². The van der Waals surface area contributed by atoms with Crippen LogP contribution in [-0.2, 0) is 26.2 Å². The zero-order chi connectivity index (χ0) is 28.9. The molecule has 0 heterocycles. The van der Waals surface area contributed by atoms with E-state index in [9.17, 15) is 18.0 Å². The molecule has 0 spiro atoms. The minimum Gasteiger partial charge on any atom is -0.352 e. The molecule has 11 heteroatoms. The number of halogens is 3. The lowest BCUT2D eigenvalue weighted by molar-refractivity contribution is -0.139. The van der Waals surface area contributed by atoms with Crippen molar-refractivity contribution in [3.05, 3.63) is 93.4 Å². The normalized spacial score (nSPS) is 14.5. The maximum atomic E-state index is 14.0. The fourth-order valence-corrected chi connectivity index (χ4v) is 6.63. The summed E-state index contributed by atoms with van der Waals surface area (Å²) in [5.74, 6) is -0.867. The van der Waals surface area contributed by atoms with E-state index >= 15 is 0 Å². The molecule has 0 aliphatic heterocycles. The standard InChI is InChI=1S/C29H30Cl3N3O4S/c1-20(29(37)33-23-10-5-6-11-23)34(18-21-8-7-9-22(30)16-21)28(36)19-35(24-14-15-26(31)27(32)17-24)40(38,39)25-12-3-2-4-13-25/h2-4,7-9,12-17,20,23H,5-6,10-11,18-19H2,1H3,(H,33,37). The van der Waals surface area contributed by atoms with Crippen LogP contribution in [0.1, 0.15) is 38.2 Å². The van der Waals surface area contributed by atoms with Crippen molar-refractivity contribution < 1.29 is 18.0 Å². The first kappa shape index (κ1) is 30.2. The first-order valence-electron chi connectivity index (χ1n) is 12.9. The van der Waals surface area contributed by atoms with E-state index in [0.29, 0.717) is 10.6 Å². The maximum absolute atomic E-state index is 14.0. The average molecular weight is 623 g/mol. The van der Waals surface area contributed by atoms with Gasteiger partial charge in [0.2, 0.25) is 11.8 Å². The fraction of sp³-hybridized carbons (Fsp3) is 0.310. The van der Waals surface area contributed by atoms with Gasteiger partial charge in [0, 0.05) is 17.6 Å². The number of hydrogen-bond donors (Lipinski definition) is 1. The van der Waals surface area contributed by atoms with Crippen LogP contribution in [0.5, 0.6) is 0 Å². The molecule has 1 aliphatic carbocycles. The zero-order valence-electron chi connectivity index (χ0n) is 21.9. The predicted octanol–water partition coefficient (Wildman–Crippen LogP) is 6.32. The number of carbonyl (C=O) groups excluding carboxylic acids is 2. The van der Waals surface area contributed by atoms with E-state index in [1.807, 2.05) is 0 Å². The largest absolute Gasteiger partial charge is 0.352 e. The van der Waals surface area contributed by atoms with Gasteiger partial charge in [-0.3, -0.25) is 13.9 Å². The Hall–Kier alpha value is -2.78. The minimum atomic E-state index is -4.19. The summed E-state index contributed by atoms with van der Waals surface area (Å²) < 4.78 is 28.6. The highest BCUT2D eigenvalue weighted by molar-refractivity contribution is 7.92. The van der Waals surface area contributed by atoms with Crippen LogP contribution in [0.4, 0.5) is 5.69 Å². The first-order valence-corrected chi connectivity index (χ1v) is 15.5. The molecule has 2 amide bonds. The Morgan fingerprint density at radius 1 is 0.925 bits per heavy atom. The van der Waals surface area contributed by atoms with Crippen molar-refractivity contribution in [3.63, 3.8) is 0 Å². The van der Waals surface area contributed by atoms with Crippen LogP contribution in [0.25, 0.3) is 0 Å². The lowest BCUT2D eigenvalue weighted by atomic mass is 10.1. The molecule has 0 saturated heterocycles. The highest BCUT2D eigenvalue weighted by atomic mass is 35.5. The molecule has 1 fully saturated rings. The van der Waals surface area contributed by atoms with Crippen LogP contribution in [-0.4, -0.2) is 43.8 Å². The number of anilines is 1. The maximum Gasteiger partial charge on any atom is 0.264 e. The van der Waals surface area contributed by atoms with Crippen molar-refractivity contribution in [2.45, 2.75) is 56.1 Å². The van der Waals surface area contributed by atoms with Crippen molar-refractivity contribution in [2.75, 3.05) is 10.8 Å². The Bertz CT molecular complexity index is 1460. The van der Waals surface area contributed by atoms with Gasteiger partial charge in [-0.2, -0.15) is 0 Å². The summed E-state index contributed by atoms with van der Waals surface area (Å²) >= 11 is 18.5. The van der Waals surface area contributed by atoms with Crippen LogP contribution >= 0.6 is 34.8 Å². The highest BCUT2D eigenvalue weighted by Crippen LogP contribution is 2.31. The predicted molar refractivity (Wildman–Crippen MR) is 159 cm³/mol. The van der Waals surface area contributed by atoms with E-state index < -0.39 is 28.5 Å². The molecule has 0 bridgehead atoms. The van der Waals surface area contributed by atoms with Crippen LogP contribution in [0.3, 0.4) is 0 Å². The van der Waals surface area contributed by atoms with Crippen molar-refractivity contribution in [1.29, 1.82) is 0 Å². The zero-order valence-corrected chi connectivity index (χ0v) is 25.0. The van der Waals surface area contributed by atoms with Crippen molar-refractivity contribution in [3.8, 4) is 0 Å². The third-order valence-corrected chi connectivity index (χ3v) is 9.67. The number of benzene rings is 3. The van der Waals surface area contributed by atoms with Crippen molar-refractivity contribution in [1.82, 2.24) is 10.2 Å². The molecule has 1 atom stereocenters. The monoisotopic (exact) mass is 621 g/mol. The molecular formula is C29H30Cl3N3O4S. The van der Waals surface area contributed by atoms with E-state index in [0.717, 1.165) is 30.0 Å². The summed E-state index contributed by atoms with van der Waals surface area (Å²) in [6.07, 6.45) is 3.86. The number of amides is 2. The molecule has 40 heavy (non-hydrogen) atoms. The van der Waals surface area contributed by atoms with Crippen LogP contribution in [0.2, 0.25) is 15.1 Å². The summed E-state index contributed by atoms with van der Waals surface area (Å²) in [5.41, 5.74) is 0.866. The van der Waals surface area contributed by atoms with E-state index in [1.54, 1.807) is 49.4 Å². The molecule has 0 radical (unpaired) electrons. The summed E-state index contributed by atoms with van der Waals surface area (Å²) in [6, 6.07) is 18.3. The number of carbonyl (C=O) groups is 2. The number of sulfonamides is 1. The first-order chi connectivity index (χ1) is 19.1. The number of nitrogens with zero attached hydrogens (tertiary/aromatic N) is 2. The molecule has 212 valence electrons. The quantitative estimate of drug-likeness (QED) is 0.287. The highest BCUT2D eigenvalue weighted by Gasteiger charge is 2.33. The van der Waals surface area contributed by atoms with Crippen LogP contribution in [0.15, 0.2) is 77.7 Å². The molecule has 1 N–H and O–H groups in total. The number of nitrogens with one attached hydrogen (secondary N) is 1. The van der Waals surface area contributed by atoms with E-state index in [1.165, 1.54) is 35.2 Å². The van der Waals surface area contributed by atoms with Gasteiger partial charge in [-0.1, -0.05) is 78.0 Å². The molecule has 1 aliphatic rings. The van der Waals surface area contributed by atoms with Gasteiger partial charge < -0.3 is 10.2 Å². The van der Waals surface area contributed by atoms with Gasteiger partial charge in [-0.25, -0.2) is 8.42 Å². The molecular weight excluding hydrogens is 593 g/mol. The summed E-state index contributed by atoms with van der Waals surface area (Å²) in [7, 11) is -4.19. The lowest BCUT2D eigenvalue weighted by Crippen LogP contribution is -2.52. The second-order valence-corrected chi connectivity index (χ2v) is 12.9. The second kappa shape index (κ2) is 13.3. The molecule has 1 saturated carbocycles. The molecule has 3 aromatic carbocycles. The Morgan fingerprint density at radius 3 is 2.27 bits per heavy atom. The molecule has 0 aromatic heterocycles. The van der Waals surface area contributed by atoms with Gasteiger partial charge in [-0.15, -0.1) is 0 Å². The van der Waals surface area contributed by atoms with E-state index in [2.05, 4.69) is 5.32 Å². The minimum absolute atomic E-state index is 0.00212.